The molecule has 2 atom stereocenters. The summed E-state index contributed by atoms with van der Waals surface area (Å²) in [6.45, 7) is 4.43. The molecule has 0 aromatic rings. The molecule has 0 aliphatic heterocycles. The Morgan fingerprint density at radius 1 is 1.35 bits per heavy atom. The molecule has 3 amide bonds. The molecule has 0 saturated carbocycles. The molecule has 0 fully saturated rings. The quantitative estimate of drug-likeness (QED) is 0.451. The summed E-state index contributed by atoms with van der Waals surface area (Å²) in [5, 5.41) is 13.8. The maximum atomic E-state index is 11.8. The van der Waals surface area contributed by atoms with Gasteiger partial charge in [0.25, 0.3) is 0 Å². The molecule has 6 heteroatoms. The molecule has 5 N–H and O–H groups in total. The van der Waals surface area contributed by atoms with Crippen molar-refractivity contribution < 1.29 is 14.7 Å². The van der Waals surface area contributed by atoms with Crippen molar-refractivity contribution in [1.29, 1.82) is 0 Å². The molecule has 0 aromatic heterocycles. The van der Waals surface area contributed by atoms with E-state index in [9.17, 15) is 9.59 Å². The van der Waals surface area contributed by atoms with Crippen LogP contribution in [0.4, 0.5) is 4.79 Å². The van der Waals surface area contributed by atoms with Gasteiger partial charge in [-0.3, -0.25) is 4.79 Å². The number of rotatable bonds is 8. The lowest BCUT2D eigenvalue weighted by molar-refractivity contribution is -0.124. The zero-order valence-corrected chi connectivity index (χ0v) is 10.5. The van der Waals surface area contributed by atoms with E-state index < -0.39 is 12.1 Å². The largest absolute Gasteiger partial charge is 0.396 e. The fraction of sp³-hybridized carbons (Fsp3) is 0.818. The lowest BCUT2D eigenvalue weighted by atomic mass is 9.98. The maximum Gasteiger partial charge on any atom is 0.312 e. The van der Waals surface area contributed by atoms with Gasteiger partial charge in [-0.05, 0) is 18.8 Å². The third kappa shape index (κ3) is 6.78. The van der Waals surface area contributed by atoms with Gasteiger partial charge in [-0.2, -0.15) is 0 Å². The van der Waals surface area contributed by atoms with E-state index >= 15 is 0 Å². The van der Waals surface area contributed by atoms with Crippen LogP contribution in [0.1, 0.15) is 33.1 Å². The second kappa shape index (κ2) is 8.81. The van der Waals surface area contributed by atoms with Crippen LogP contribution in [0.15, 0.2) is 0 Å². The number of amides is 3. The first-order valence-corrected chi connectivity index (χ1v) is 5.97. The molecule has 0 radical (unpaired) electrons. The molecular weight excluding hydrogens is 222 g/mol. The molecule has 6 nitrogen and oxygen atoms in total. The van der Waals surface area contributed by atoms with Gasteiger partial charge >= 0.3 is 6.03 Å². The predicted octanol–water partition coefficient (Wildman–Crippen LogP) is -0.0419. The molecule has 0 aromatic carbocycles. The fourth-order valence-corrected chi connectivity index (χ4v) is 1.41. The SMILES string of the molecule is CCC(C)C(NC(N)=O)C(=O)NCCCCO. The highest BCUT2D eigenvalue weighted by Gasteiger charge is 2.24. The Morgan fingerprint density at radius 3 is 2.47 bits per heavy atom. The Morgan fingerprint density at radius 2 is 2.00 bits per heavy atom. The van der Waals surface area contributed by atoms with E-state index in [1.165, 1.54) is 0 Å². The van der Waals surface area contributed by atoms with E-state index in [2.05, 4.69) is 10.6 Å². The average Bonchev–Trinajstić information content (AvgIpc) is 2.30. The van der Waals surface area contributed by atoms with Gasteiger partial charge in [-0.15, -0.1) is 0 Å². The molecule has 17 heavy (non-hydrogen) atoms. The number of primary amides is 1. The van der Waals surface area contributed by atoms with Crippen LogP contribution in [-0.2, 0) is 4.79 Å². The van der Waals surface area contributed by atoms with Gasteiger partial charge in [0.05, 0.1) is 0 Å². The zero-order valence-electron chi connectivity index (χ0n) is 10.5. The van der Waals surface area contributed by atoms with Gasteiger partial charge in [0.2, 0.25) is 5.91 Å². The summed E-state index contributed by atoms with van der Waals surface area (Å²) in [4.78, 5) is 22.6. The van der Waals surface area contributed by atoms with Crippen molar-refractivity contribution in [3.63, 3.8) is 0 Å². The number of hydrogen-bond acceptors (Lipinski definition) is 3. The van der Waals surface area contributed by atoms with Gasteiger partial charge in [0.15, 0.2) is 0 Å². The van der Waals surface area contributed by atoms with Crippen molar-refractivity contribution >= 4 is 11.9 Å². The van der Waals surface area contributed by atoms with Crippen LogP contribution < -0.4 is 16.4 Å². The molecule has 100 valence electrons. The summed E-state index contributed by atoms with van der Waals surface area (Å²) in [5.74, 6) is -0.198. The summed E-state index contributed by atoms with van der Waals surface area (Å²) < 4.78 is 0. The number of unbranched alkanes of at least 4 members (excludes halogenated alkanes) is 1. The van der Waals surface area contributed by atoms with Crippen molar-refractivity contribution in [2.24, 2.45) is 11.7 Å². The van der Waals surface area contributed by atoms with Crippen molar-refractivity contribution in [1.82, 2.24) is 10.6 Å². The topological polar surface area (TPSA) is 104 Å². The standard InChI is InChI=1S/C11H23N3O3/c1-3-8(2)9(14-11(12)17)10(16)13-6-4-5-7-15/h8-9,15H,3-7H2,1-2H3,(H,13,16)(H3,12,14,17). The van der Waals surface area contributed by atoms with Gasteiger partial charge in [-0.1, -0.05) is 20.3 Å². The van der Waals surface area contributed by atoms with Crippen LogP contribution >= 0.6 is 0 Å². The average molecular weight is 245 g/mol. The van der Waals surface area contributed by atoms with Crippen LogP contribution in [0.2, 0.25) is 0 Å². The third-order valence-electron chi connectivity index (χ3n) is 2.68. The molecule has 0 heterocycles. The highest BCUT2D eigenvalue weighted by Crippen LogP contribution is 2.07. The molecule has 0 aliphatic rings. The normalized spacial score (nSPS) is 13.8. The molecule has 0 spiro atoms. The second-order valence-electron chi connectivity index (χ2n) is 4.09. The van der Waals surface area contributed by atoms with E-state index in [1.807, 2.05) is 13.8 Å². The minimum Gasteiger partial charge on any atom is -0.396 e. The summed E-state index contributed by atoms with van der Waals surface area (Å²) in [6, 6.07) is -1.28. The number of nitrogens with two attached hydrogens (primary N) is 1. The van der Waals surface area contributed by atoms with Crippen molar-refractivity contribution in [2.75, 3.05) is 13.2 Å². The van der Waals surface area contributed by atoms with E-state index in [-0.39, 0.29) is 18.4 Å². The van der Waals surface area contributed by atoms with Crippen molar-refractivity contribution in [3.8, 4) is 0 Å². The van der Waals surface area contributed by atoms with E-state index in [0.717, 1.165) is 6.42 Å². The molecule has 0 aliphatic carbocycles. The van der Waals surface area contributed by atoms with E-state index in [1.54, 1.807) is 0 Å². The number of carbonyl (C=O) groups is 2. The summed E-state index contributed by atoms with van der Waals surface area (Å²) >= 11 is 0. The number of nitrogens with one attached hydrogen (secondary N) is 2. The van der Waals surface area contributed by atoms with E-state index in [0.29, 0.717) is 19.4 Å². The van der Waals surface area contributed by atoms with Crippen molar-refractivity contribution in [3.05, 3.63) is 0 Å². The van der Waals surface area contributed by atoms with Crippen LogP contribution in [0, 0.1) is 5.92 Å². The van der Waals surface area contributed by atoms with Crippen molar-refractivity contribution in [2.45, 2.75) is 39.2 Å². The summed E-state index contributed by atoms with van der Waals surface area (Å²) in [7, 11) is 0. The number of aliphatic hydroxyl groups excluding tert-OH is 1. The smallest absolute Gasteiger partial charge is 0.312 e. The highest BCUT2D eigenvalue weighted by molar-refractivity contribution is 5.86. The Labute approximate surface area is 102 Å². The number of aliphatic hydroxyl groups is 1. The highest BCUT2D eigenvalue weighted by atomic mass is 16.3. The van der Waals surface area contributed by atoms with Crippen LogP contribution in [0.25, 0.3) is 0 Å². The number of urea groups is 1. The Balaban J connectivity index is 4.18. The van der Waals surface area contributed by atoms with Gasteiger partial charge in [0.1, 0.15) is 6.04 Å². The first-order valence-electron chi connectivity index (χ1n) is 5.97. The molecule has 0 saturated heterocycles. The van der Waals surface area contributed by atoms with E-state index in [4.69, 9.17) is 10.8 Å². The van der Waals surface area contributed by atoms with Crippen LogP contribution in [-0.4, -0.2) is 36.2 Å². The Hall–Kier alpha value is -1.30. The molecule has 0 rings (SSSR count). The lowest BCUT2D eigenvalue weighted by Crippen LogP contribution is -2.51. The summed E-state index contributed by atoms with van der Waals surface area (Å²) in [6.07, 6.45) is 2.14. The second-order valence-corrected chi connectivity index (χ2v) is 4.09. The maximum absolute atomic E-state index is 11.8. The van der Waals surface area contributed by atoms with Gasteiger partial charge in [0, 0.05) is 13.2 Å². The predicted molar refractivity (Wildman–Crippen MR) is 65.3 cm³/mol. The molecular formula is C11H23N3O3. The Kier molecular flexibility index (Phi) is 8.13. The van der Waals surface area contributed by atoms with Crippen LogP contribution in [0.5, 0.6) is 0 Å². The minimum absolute atomic E-state index is 0.0281. The number of carbonyl (C=O) groups excluding carboxylic acids is 2. The third-order valence-corrected chi connectivity index (χ3v) is 2.68. The van der Waals surface area contributed by atoms with Gasteiger partial charge < -0.3 is 21.5 Å². The first kappa shape index (κ1) is 15.7. The summed E-state index contributed by atoms with van der Waals surface area (Å²) in [5.41, 5.74) is 5.04. The monoisotopic (exact) mass is 245 g/mol. The minimum atomic E-state index is -0.694. The van der Waals surface area contributed by atoms with Crippen LogP contribution in [0.3, 0.4) is 0 Å². The zero-order chi connectivity index (χ0) is 13.3. The Bertz CT molecular complexity index is 246. The molecule has 2 unspecified atom stereocenters. The first-order chi connectivity index (χ1) is 8.02. The lowest BCUT2D eigenvalue weighted by Gasteiger charge is -2.22. The number of hydrogen-bond donors (Lipinski definition) is 4. The molecule has 0 bridgehead atoms. The van der Waals surface area contributed by atoms with Gasteiger partial charge in [-0.25, -0.2) is 4.79 Å². The fourth-order valence-electron chi connectivity index (χ4n) is 1.41.